The minimum absolute atomic E-state index is 0.0687. The Morgan fingerprint density at radius 2 is 2.25 bits per heavy atom. The number of aliphatic hydroxyl groups excluding tert-OH is 1. The lowest BCUT2D eigenvalue weighted by Crippen LogP contribution is -2.12. The second-order valence-electron chi connectivity index (χ2n) is 4.09. The normalized spacial score (nSPS) is 10.1. The van der Waals surface area contributed by atoms with Gasteiger partial charge >= 0.3 is 5.69 Å². The van der Waals surface area contributed by atoms with E-state index in [1.165, 1.54) is 16.3 Å². The molecule has 1 aromatic carbocycles. The van der Waals surface area contributed by atoms with E-state index in [4.69, 9.17) is 5.11 Å². The number of benzene rings is 1. The molecule has 2 aromatic rings. The van der Waals surface area contributed by atoms with Crippen LogP contribution in [0.4, 0.5) is 0 Å². The van der Waals surface area contributed by atoms with Gasteiger partial charge in [0.05, 0.1) is 6.61 Å². The number of thioether (sulfide) groups is 1. The van der Waals surface area contributed by atoms with E-state index in [9.17, 15) is 4.79 Å². The number of nitrogens with one attached hydrogen (secondary N) is 1. The van der Waals surface area contributed by atoms with Crippen molar-refractivity contribution in [2.75, 3.05) is 6.61 Å². The van der Waals surface area contributed by atoms with Crippen LogP contribution in [0, 0.1) is 11.8 Å². The smallest absolute Gasteiger partial charge is 0.343 e. The summed E-state index contributed by atoms with van der Waals surface area (Å²) in [7, 11) is 1.68. The lowest BCUT2D eigenvalue weighted by atomic mass is 10.1. The first-order chi connectivity index (χ1) is 9.72. The van der Waals surface area contributed by atoms with Crippen LogP contribution in [0.15, 0.2) is 34.2 Å². The van der Waals surface area contributed by atoms with Gasteiger partial charge in [-0.3, -0.25) is 4.57 Å². The first-order valence-corrected chi connectivity index (χ1v) is 7.12. The van der Waals surface area contributed by atoms with Crippen molar-refractivity contribution >= 4 is 11.8 Å². The second kappa shape index (κ2) is 6.98. The van der Waals surface area contributed by atoms with Gasteiger partial charge in [-0.25, -0.2) is 9.89 Å². The highest BCUT2D eigenvalue weighted by Gasteiger charge is 2.06. The molecule has 0 saturated heterocycles. The van der Waals surface area contributed by atoms with Crippen molar-refractivity contribution in [2.24, 2.45) is 7.05 Å². The molecule has 0 aliphatic carbocycles. The fraction of sp³-hybridized carbons (Fsp3) is 0.286. The number of nitrogens with zero attached hydrogens (tertiary/aromatic N) is 2. The number of hydrogen-bond acceptors (Lipinski definition) is 4. The average Bonchev–Trinajstić information content (AvgIpc) is 2.78. The number of aromatic amines is 1. The third-order valence-corrected chi connectivity index (χ3v) is 3.75. The van der Waals surface area contributed by atoms with Gasteiger partial charge in [0, 0.05) is 24.8 Å². The van der Waals surface area contributed by atoms with Crippen molar-refractivity contribution in [3.63, 3.8) is 0 Å². The van der Waals surface area contributed by atoms with E-state index in [0.29, 0.717) is 17.3 Å². The van der Waals surface area contributed by atoms with E-state index in [1.54, 1.807) is 7.05 Å². The molecule has 104 valence electrons. The quantitative estimate of drug-likeness (QED) is 0.654. The van der Waals surface area contributed by atoms with Crippen LogP contribution in [-0.2, 0) is 12.8 Å². The standard InChI is InChI=1S/C14H15N3O2S/c1-17-13(19)15-16-14(17)20-10-12-8-3-2-6-11(12)7-4-5-9-18/h2-3,6,8,18H,5,9-10H2,1H3,(H,15,19). The van der Waals surface area contributed by atoms with Crippen LogP contribution in [-0.4, -0.2) is 26.5 Å². The highest BCUT2D eigenvalue weighted by atomic mass is 32.2. The Labute approximate surface area is 121 Å². The summed E-state index contributed by atoms with van der Waals surface area (Å²) in [6.45, 7) is 0.0687. The summed E-state index contributed by atoms with van der Waals surface area (Å²) < 4.78 is 1.48. The van der Waals surface area contributed by atoms with E-state index >= 15 is 0 Å². The van der Waals surface area contributed by atoms with Crippen molar-refractivity contribution in [3.05, 3.63) is 45.9 Å². The van der Waals surface area contributed by atoms with Gasteiger partial charge in [0.1, 0.15) is 0 Å². The molecule has 5 nitrogen and oxygen atoms in total. The topological polar surface area (TPSA) is 70.9 Å². The molecular weight excluding hydrogens is 274 g/mol. The SMILES string of the molecule is Cn1c(SCc2ccccc2C#CCCO)n[nH]c1=O. The summed E-state index contributed by atoms with van der Waals surface area (Å²) in [5, 5.41) is 15.8. The third kappa shape index (κ3) is 3.53. The van der Waals surface area contributed by atoms with Gasteiger partial charge in [-0.05, 0) is 11.6 Å². The number of aliphatic hydroxyl groups is 1. The molecule has 0 bridgehead atoms. The zero-order chi connectivity index (χ0) is 14.4. The molecular formula is C14H15N3O2S. The van der Waals surface area contributed by atoms with Crippen LogP contribution in [0.3, 0.4) is 0 Å². The van der Waals surface area contributed by atoms with Crippen molar-refractivity contribution in [3.8, 4) is 11.8 Å². The summed E-state index contributed by atoms with van der Waals surface area (Å²) in [5.74, 6) is 6.65. The molecule has 2 rings (SSSR count). The zero-order valence-electron chi connectivity index (χ0n) is 11.1. The first kappa shape index (κ1) is 14.4. The Balaban J connectivity index is 2.12. The number of rotatable bonds is 4. The average molecular weight is 289 g/mol. The van der Waals surface area contributed by atoms with Crippen LogP contribution in [0.1, 0.15) is 17.5 Å². The minimum Gasteiger partial charge on any atom is -0.395 e. The molecule has 1 aromatic heterocycles. The third-order valence-electron chi connectivity index (χ3n) is 2.67. The predicted molar refractivity (Wildman–Crippen MR) is 78.4 cm³/mol. The van der Waals surface area contributed by atoms with Crippen LogP contribution >= 0.6 is 11.8 Å². The van der Waals surface area contributed by atoms with E-state index < -0.39 is 0 Å². The predicted octanol–water partition coefficient (Wildman–Crippen LogP) is 1.13. The Morgan fingerprint density at radius 1 is 1.45 bits per heavy atom. The fourth-order valence-corrected chi connectivity index (χ4v) is 2.51. The number of hydrogen-bond donors (Lipinski definition) is 2. The van der Waals surface area contributed by atoms with Crippen LogP contribution in [0.5, 0.6) is 0 Å². The molecule has 1 heterocycles. The second-order valence-corrected chi connectivity index (χ2v) is 5.03. The fourth-order valence-electron chi connectivity index (χ4n) is 1.59. The Bertz CT molecular complexity index is 694. The Morgan fingerprint density at radius 3 is 2.95 bits per heavy atom. The molecule has 0 saturated carbocycles. The summed E-state index contributed by atoms with van der Waals surface area (Å²) in [4.78, 5) is 11.3. The van der Waals surface area contributed by atoms with Gasteiger partial charge < -0.3 is 5.11 Å². The molecule has 0 aliphatic heterocycles. The summed E-state index contributed by atoms with van der Waals surface area (Å²) in [6, 6.07) is 7.84. The maximum atomic E-state index is 11.3. The molecule has 2 N–H and O–H groups in total. The lowest BCUT2D eigenvalue weighted by Gasteiger charge is -2.03. The van der Waals surface area contributed by atoms with Gasteiger partial charge in [0.25, 0.3) is 0 Å². The van der Waals surface area contributed by atoms with Crippen LogP contribution in [0.25, 0.3) is 0 Å². The number of aromatic nitrogens is 3. The van der Waals surface area contributed by atoms with Crippen molar-refractivity contribution in [1.29, 1.82) is 0 Å². The van der Waals surface area contributed by atoms with E-state index in [-0.39, 0.29) is 12.3 Å². The molecule has 0 radical (unpaired) electrons. The summed E-state index contributed by atoms with van der Waals surface area (Å²) in [5.41, 5.74) is 1.80. The largest absolute Gasteiger partial charge is 0.395 e. The lowest BCUT2D eigenvalue weighted by molar-refractivity contribution is 0.305. The monoisotopic (exact) mass is 289 g/mol. The van der Waals surface area contributed by atoms with Crippen LogP contribution < -0.4 is 5.69 Å². The Kier molecular flexibility index (Phi) is 5.04. The van der Waals surface area contributed by atoms with Crippen molar-refractivity contribution in [2.45, 2.75) is 17.3 Å². The zero-order valence-corrected chi connectivity index (χ0v) is 11.9. The van der Waals surface area contributed by atoms with Gasteiger partial charge in [0.15, 0.2) is 5.16 Å². The highest BCUT2D eigenvalue weighted by molar-refractivity contribution is 7.98. The minimum atomic E-state index is -0.219. The van der Waals surface area contributed by atoms with Crippen molar-refractivity contribution in [1.82, 2.24) is 14.8 Å². The van der Waals surface area contributed by atoms with Gasteiger partial charge in [-0.2, -0.15) is 0 Å². The van der Waals surface area contributed by atoms with E-state index in [2.05, 4.69) is 22.0 Å². The molecule has 0 unspecified atom stereocenters. The molecule has 6 heteroatoms. The van der Waals surface area contributed by atoms with Gasteiger partial charge in [-0.1, -0.05) is 41.8 Å². The number of H-pyrrole nitrogens is 1. The van der Waals surface area contributed by atoms with Crippen molar-refractivity contribution < 1.29 is 5.11 Å². The molecule has 0 aliphatic rings. The maximum absolute atomic E-state index is 11.3. The molecule has 0 atom stereocenters. The van der Waals surface area contributed by atoms with Crippen LogP contribution in [0.2, 0.25) is 0 Å². The van der Waals surface area contributed by atoms with E-state index in [1.807, 2.05) is 24.3 Å². The van der Waals surface area contributed by atoms with E-state index in [0.717, 1.165) is 11.1 Å². The molecule has 20 heavy (non-hydrogen) atoms. The Hall–Kier alpha value is -1.97. The first-order valence-electron chi connectivity index (χ1n) is 6.14. The molecule has 0 spiro atoms. The molecule has 0 fully saturated rings. The van der Waals surface area contributed by atoms with Gasteiger partial charge in [-0.15, -0.1) is 5.10 Å². The summed E-state index contributed by atoms with van der Waals surface area (Å²) in [6.07, 6.45) is 0.468. The molecule has 0 amide bonds. The maximum Gasteiger partial charge on any atom is 0.343 e. The summed E-state index contributed by atoms with van der Waals surface area (Å²) >= 11 is 1.48. The van der Waals surface area contributed by atoms with Gasteiger partial charge in [0.2, 0.25) is 0 Å². The highest BCUT2D eigenvalue weighted by Crippen LogP contribution is 2.21.